The molecule has 0 atom stereocenters. The maximum absolute atomic E-state index is 12.3. The Morgan fingerprint density at radius 3 is 2.25 bits per heavy atom. The van der Waals surface area contributed by atoms with Crippen molar-refractivity contribution >= 4 is 21.6 Å². The Balaban J connectivity index is 1.64. The number of hydrogen-bond acceptors (Lipinski definition) is 3. The fourth-order valence-electron chi connectivity index (χ4n) is 2.31. The Morgan fingerprint density at radius 2 is 1.67 bits per heavy atom. The summed E-state index contributed by atoms with van der Waals surface area (Å²) >= 11 is 0. The molecule has 1 aliphatic carbocycles. The van der Waals surface area contributed by atoms with E-state index in [1.54, 1.807) is 48.5 Å². The van der Waals surface area contributed by atoms with Gasteiger partial charge in [0.15, 0.2) is 0 Å². The second kappa shape index (κ2) is 6.65. The van der Waals surface area contributed by atoms with Gasteiger partial charge in [-0.15, -0.1) is 0 Å². The number of carbonyl (C=O) groups is 1. The minimum absolute atomic E-state index is 0.00508. The van der Waals surface area contributed by atoms with Crippen LogP contribution in [0, 0.1) is 6.92 Å². The van der Waals surface area contributed by atoms with Gasteiger partial charge in [-0.05, 0) is 49.6 Å². The first-order chi connectivity index (χ1) is 11.4. The van der Waals surface area contributed by atoms with Gasteiger partial charge in [-0.25, -0.2) is 8.42 Å². The van der Waals surface area contributed by atoms with E-state index in [2.05, 4.69) is 10.0 Å². The molecule has 0 aromatic heterocycles. The van der Waals surface area contributed by atoms with Gasteiger partial charge >= 0.3 is 0 Å². The van der Waals surface area contributed by atoms with Crippen LogP contribution in [0.25, 0.3) is 0 Å². The summed E-state index contributed by atoms with van der Waals surface area (Å²) in [6, 6.07) is 13.9. The third kappa shape index (κ3) is 4.35. The van der Waals surface area contributed by atoms with Crippen molar-refractivity contribution in [1.82, 2.24) is 5.32 Å². The smallest absolute Gasteiger partial charge is 0.261 e. The highest BCUT2D eigenvalue weighted by Gasteiger charge is 2.23. The molecule has 0 saturated heterocycles. The molecule has 126 valence electrons. The maximum Gasteiger partial charge on any atom is 0.261 e. The molecule has 1 fully saturated rings. The predicted octanol–water partition coefficient (Wildman–Crippen LogP) is 2.62. The lowest BCUT2D eigenvalue weighted by Gasteiger charge is -2.09. The highest BCUT2D eigenvalue weighted by molar-refractivity contribution is 7.92. The molecule has 5 nitrogen and oxygen atoms in total. The van der Waals surface area contributed by atoms with Crippen molar-refractivity contribution in [2.45, 2.75) is 37.1 Å². The molecule has 1 aliphatic rings. The molecule has 0 bridgehead atoms. The second-order valence-electron chi connectivity index (χ2n) is 6.13. The largest absolute Gasteiger partial charge is 0.353 e. The Labute approximate surface area is 142 Å². The Bertz CT molecular complexity index is 824. The highest BCUT2D eigenvalue weighted by atomic mass is 32.2. The zero-order valence-electron chi connectivity index (χ0n) is 13.5. The van der Waals surface area contributed by atoms with Crippen molar-refractivity contribution in [2.24, 2.45) is 0 Å². The van der Waals surface area contributed by atoms with Crippen molar-refractivity contribution in [2.75, 3.05) is 4.72 Å². The third-order valence-corrected chi connectivity index (χ3v) is 5.24. The summed E-state index contributed by atoms with van der Waals surface area (Å²) < 4.78 is 27.2. The van der Waals surface area contributed by atoms with Crippen LogP contribution in [0.15, 0.2) is 53.4 Å². The summed E-state index contributed by atoms with van der Waals surface area (Å²) in [4.78, 5) is 12.0. The first-order valence-electron chi connectivity index (χ1n) is 7.90. The average Bonchev–Trinajstić information content (AvgIpc) is 3.33. The molecular weight excluding hydrogens is 324 g/mol. The molecule has 3 rings (SSSR count). The zero-order chi connectivity index (χ0) is 17.2. The van der Waals surface area contributed by atoms with Crippen LogP contribution in [0.2, 0.25) is 0 Å². The Kier molecular flexibility index (Phi) is 4.57. The minimum atomic E-state index is -3.60. The first kappa shape index (κ1) is 16.5. The zero-order valence-corrected chi connectivity index (χ0v) is 14.3. The molecule has 1 saturated carbocycles. The van der Waals surface area contributed by atoms with Crippen LogP contribution in [0.1, 0.15) is 24.0 Å². The topological polar surface area (TPSA) is 75.3 Å². The van der Waals surface area contributed by atoms with Crippen LogP contribution < -0.4 is 10.0 Å². The van der Waals surface area contributed by atoms with Gasteiger partial charge in [0.2, 0.25) is 5.91 Å². The van der Waals surface area contributed by atoms with E-state index in [0.717, 1.165) is 24.0 Å². The lowest BCUT2D eigenvalue weighted by Crippen LogP contribution is -2.26. The number of carbonyl (C=O) groups excluding carboxylic acids is 1. The fraction of sp³-hybridized carbons (Fsp3) is 0.278. The van der Waals surface area contributed by atoms with Crippen molar-refractivity contribution in [3.8, 4) is 0 Å². The number of benzene rings is 2. The molecule has 2 aromatic carbocycles. The van der Waals surface area contributed by atoms with Crippen LogP contribution in [-0.4, -0.2) is 20.4 Å². The Morgan fingerprint density at radius 1 is 1.04 bits per heavy atom. The quantitative estimate of drug-likeness (QED) is 0.846. The number of sulfonamides is 1. The lowest BCUT2D eigenvalue weighted by atomic mass is 10.1. The van der Waals surface area contributed by atoms with Gasteiger partial charge in [-0.3, -0.25) is 9.52 Å². The molecule has 0 aliphatic heterocycles. The average molecular weight is 344 g/mol. The third-order valence-electron chi connectivity index (χ3n) is 3.84. The minimum Gasteiger partial charge on any atom is -0.353 e. The van der Waals surface area contributed by atoms with E-state index in [4.69, 9.17) is 0 Å². The van der Waals surface area contributed by atoms with E-state index >= 15 is 0 Å². The number of rotatable bonds is 6. The van der Waals surface area contributed by atoms with Crippen LogP contribution in [0.3, 0.4) is 0 Å². The number of anilines is 1. The van der Waals surface area contributed by atoms with Gasteiger partial charge in [0, 0.05) is 11.7 Å². The summed E-state index contributed by atoms with van der Waals surface area (Å²) in [5, 5.41) is 2.93. The summed E-state index contributed by atoms with van der Waals surface area (Å²) in [6.45, 7) is 1.90. The van der Waals surface area contributed by atoms with Crippen molar-refractivity contribution < 1.29 is 13.2 Å². The maximum atomic E-state index is 12.3. The lowest BCUT2D eigenvalue weighted by molar-refractivity contribution is -0.120. The monoisotopic (exact) mass is 344 g/mol. The van der Waals surface area contributed by atoms with Gasteiger partial charge in [0.1, 0.15) is 0 Å². The molecule has 0 unspecified atom stereocenters. The van der Waals surface area contributed by atoms with Crippen LogP contribution in [0.5, 0.6) is 0 Å². The van der Waals surface area contributed by atoms with Gasteiger partial charge in [0.05, 0.1) is 11.3 Å². The molecule has 2 aromatic rings. The van der Waals surface area contributed by atoms with Crippen LogP contribution >= 0.6 is 0 Å². The molecule has 2 N–H and O–H groups in total. The van der Waals surface area contributed by atoms with Gasteiger partial charge in [-0.2, -0.15) is 0 Å². The highest BCUT2D eigenvalue weighted by Crippen LogP contribution is 2.20. The fourth-order valence-corrected chi connectivity index (χ4v) is 3.37. The number of hydrogen-bond donors (Lipinski definition) is 2. The van der Waals surface area contributed by atoms with Gasteiger partial charge in [0.25, 0.3) is 10.0 Å². The second-order valence-corrected chi connectivity index (χ2v) is 7.82. The van der Waals surface area contributed by atoms with E-state index in [1.165, 1.54) is 0 Å². The normalized spacial score (nSPS) is 14.2. The molecule has 0 heterocycles. The number of aryl methyl sites for hydroxylation is 1. The standard InChI is InChI=1S/C18H20N2O3S/c1-13-2-10-17(11-3-13)24(22,23)20-16-6-4-14(5-7-16)12-18(21)19-15-8-9-15/h2-7,10-11,15,20H,8-9,12H2,1H3,(H,19,21). The predicted molar refractivity (Wildman–Crippen MR) is 93.3 cm³/mol. The molecular formula is C18H20N2O3S. The SMILES string of the molecule is Cc1ccc(S(=O)(=O)Nc2ccc(CC(=O)NC3CC3)cc2)cc1. The first-order valence-corrected chi connectivity index (χ1v) is 9.38. The van der Waals surface area contributed by atoms with Crippen molar-refractivity contribution in [3.63, 3.8) is 0 Å². The summed E-state index contributed by atoms with van der Waals surface area (Å²) in [5.41, 5.74) is 2.33. The van der Waals surface area contributed by atoms with Gasteiger partial charge < -0.3 is 5.32 Å². The van der Waals surface area contributed by atoms with E-state index in [0.29, 0.717) is 18.2 Å². The Hall–Kier alpha value is -2.34. The van der Waals surface area contributed by atoms with Crippen molar-refractivity contribution in [1.29, 1.82) is 0 Å². The molecule has 0 radical (unpaired) electrons. The summed E-state index contributed by atoms with van der Waals surface area (Å²) in [7, 11) is -3.60. The molecule has 6 heteroatoms. The van der Waals surface area contributed by atoms with Crippen LogP contribution in [0.4, 0.5) is 5.69 Å². The van der Waals surface area contributed by atoms with Gasteiger partial charge in [-0.1, -0.05) is 29.8 Å². The summed E-state index contributed by atoms with van der Waals surface area (Å²) in [6.07, 6.45) is 2.43. The van der Waals surface area contributed by atoms with Crippen molar-refractivity contribution in [3.05, 3.63) is 59.7 Å². The van der Waals surface area contributed by atoms with E-state index in [-0.39, 0.29) is 10.8 Å². The van der Waals surface area contributed by atoms with E-state index in [1.807, 2.05) is 6.92 Å². The number of nitrogens with one attached hydrogen (secondary N) is 2. The molecule has 0 spiro atoms. The molecule has 1 amide bonds. The van der Waals surface area contributed by atoms with E-state index in [9.17, 15) is 13.2 Å². The summed E-state index contributed by atoms with van der Waals surface area (Å²) in [5.74, 6) is 0.00508. The number of amides is 1. The van der Waals surface area contributed by atoms with Crippen LogP contribution in [-0.2, 0) is 21.2 Å². The molecule has 24 heavy (non-hydrogen) atoms. The van der Waals surface area contributed by atoms with E-state index < -0.39 is 10.0 Å².